The largest absolute Gasteiger partial charge is 0.404 e. The van der Waals surface area contributed by atoms with E-state index in [4.69, 9.17) is 11.5 Å². The highest BCUT2D eigenvalue weighted by molar-refractivity contribution is 6.08. The summed E-state index contributed by atoms with van der Waals surface area (Å²) >= 11 is 0. The number of amides is 1. The average Bonchev–Trinajstić information content (AvgIpc) is 2.70. The Morgan fingerprint density at radius 2 is 1.93 bits per heavy atom. The van der Waals surface area contributed by atoms with E-state index in [0.29, 0.717) is 24.5 Å². The van der Waals surface area contributed by atoms with Crippen LogP contribution in [0.1, 0.15) is 21.5 Å². The second-order valence-electron chi connectivity index (χ2n) is 6.26. The highest BCUT2D eigenvalue weighted by Crippen LogP contribution is 2.14. The van der Waals surface area contributed by atoms with Gasteiger partial charge in [0.05, 0.1) is 6.54 Å². The van der Waals surface area contributed by atoms with Crippen LogP contribution in [0.3, 0.4) is 0 Å². The number of anilines is 1. The summed E-state index contributed by atoms with van der Waals surface area (Å²) in [5.74, 6) is 0.536. The van der Waals surface area contributed by atoms with Crippen LogP contribution in [0, 0.1) is 6.92 Å². The van der Waals surface area contributed by atoms with Gasteiger partial charge >= 0.3 is 0 Å². The summed E-state index contributed by atoms with van der Waals surface area (Å²) in [5, 5.41) is 3.24. The van der Waals surface area contributed by atoms with Crippen LogP contribution in [0.2, 0.25) is 0 Å². The van der Waals surface area contributed by atoms with Crippen molar-refractivity contribution in [3.8, 4) is 0 Å². The van der Waals surface area contributed by atoms with E-state index in [-0.39, 0.29) is 5.91 Å². The zero-order chi connectivity index (χ0) is 19.8. The molecule has 2 rings (SSSR count). The van der Waals surface area contributed by atoms with Gasteiger partial charge < -0.3 is 21.7 Å². The molecule has 0 bridgehead atoms. The summed E-state index contributed by atoms with van der Waals surface area (Å²) in [6.45, 7) is 2.74. The number of aryl methyl sites for hydroxylation is 1. The van der Waals surface area contributed by atoms with Gasteiger partial charge in [0.15, 0.2) is 0 Å². The normalized spacial score (nSPS) is 12.0. The number of carbonyl (C=O) groups excluding carboxylic acids is 1. The van der Waals surface area contributed by atoms with Crippen molar-refractivity contribution in [3.05, 3.63) is 77.0 Å². The lowest BCUT2D eigenvalue weighted by molar-refractivity contribution is 0.0808. The predicted molar refractivity (Wildman–Crippen MR) is 112 cm³/mol. The van der Waals surface area contributed by atoms with E-state index >= 15 is 0 Å². The van der Waals surface area contributed by atoms with Crippen LogP contribution in [0.5, 0.6) is 0 Å². The summed E-state index contributed by atoms with van der Waals surface area (Å²) in [6, 6.07) is 15.3. The minimum absolute atomic E-state index is 0.0869. The van der Waals surface area contributed by atoms with Crippen molar-refractivity contribution in [2.45, 2.75) is 13.5 Å². The van der Waals surface area contributed by atoms with Gasteiger partial charge in [0.25, 0.3) is 5.91 Å². The second-order valence-corrected chi connectivity index (χ2v) is 6.26. The fourth-order valence-corrected chi connectivity index (χ4v) is 2.75. The summed E-state index contributed by atoms with van der Waals surface area (Å²) in [4.78, 5) is 18.7. The summed E-state index contributed by atoms with van der Waals surface area (Å²) in [7, 11) is 3.43. The number of nitrogens with two attached hydrogens (primary N) is 2. The third-order valence-electron chi connectivity index (χ3n) is 4.33. The first-order valence-corrected chi connectivity index (χ1v) is 8.75. The highest BCUT2D eigenvalue weighted by Gasteiger charge is 2.16. The van der Waals surface area contributed by atoms with Gasteiger partial charge in [-0.15, -0.1) is 0 Å². The van der Waals surface area contributed by atoms with Crippen molar-refractivity contribution in [2.24, 2.45) is 16.5 Å². The maximum Gasteiger partial charge on any atom is 0.253 e. The molecule has 2 aromatic carbocycles. The second kappa shape index (κ2) is 9.54. The topological polar surface area (TPSA) is 96.7 Å². The Morgan fingerprint density at radius 3 is 2.48 bits per heavy atom. The zero-order valence-corrected chi connectivity index (χ0v) is 16.1. The molecule has 2 aromatic rings. The van der Waals surface area contributed by atoms with Crippen LogP contribution in [-0.4, -0.2) is 37.3 Å². The van der Waals surface area contributed by atoms with Gasteiger partial charge in [0, 0.05) is 43.7 Å². The van der Waals surface area contributed by atoms with Crippen LogP contribution in [0.4, 0.5) is 5.69 Å². The number of likely N-dealkylation sites (N-methyl/N-ethyl adjacent to an activating group) is 1. The lowest BCUT2D eigenvalue weighted by Crippen LogP contribution is -2.32. The molecular formula is C21H27N5O. The number of rotatable bonds is 6. The molecular weight excluding hydrogens is 338 g/mol. The fourth-order valence-electron chi connectivity index (χ4n) is 2.75. The number of hydrogen-bond donors (Lipinski definition) is 3. The lowest BCUT2D eigenvalue weighted by Gasteiger charge is -2.21. The van der Waals surface area contributed by atoms with Crippen molar-refractivity contribution >= 4 is 17.4 Å². The van der Waals surface area contributed by atoms with E-state index in [1.807, 2.05) is 49.4 Å². The Labute approximate surface area is 160 Å². The molecule has 1 amide bonds. The van der Waals surface area contributed by atoms with Crippen LogP contribution < -0.4 is 16.8 Å². The quantitative estimate of drug-likeness (QED) is 0.541. The van der Waals surface area contributed by atoms with Crippen LogP contribution >= 0.6 is 0 Å². The maximum absolute atomic E-state index is 12.8. The molecule has 142 valence electrons. The molecule has 0 spiro atoms. The van der Waals surface area contributed by atoms with Gasteiger partial charge in [0.1, 0.15) is 5.84 Å². The minimum Gasteiger partial charge on any atom is -0.404 e. The highest BCUT2D eigenvalue weighted by atomic mass is 16.2. The molecule has 0 aliphatic carbocycles. The Bertz CT molecular complexity index is 843. The number of nitrogens with one attached hydrogen (secondary N) is 1. The standard InChI is InChI=1S/C21H27N5O/c1-15-11-16(9-10-17(15)12-22)21(27)26(3)14-18(13-23)20(24-2)25-19-7-5-4-6-8-19/h4-11,13H,12,14,22-23H2,1-3H3,(H,24,25)/b18-13-. The number of para-hydroxylation sites is 1. The number of carbonyl (C=O) groups is 1. The van der Waals surface area contributed by atoms with Crippen molar-refractivity contribution in [1.82, 2.24) is 4.90 Å². The SMILES string of the molecule is CN=C(Nc1ccccc1)/C(=C\N)CN(C)C(=O)c1ccc(CN)c(C)c1. The minimum atomic E-state index is -0.0869. The third kappa shape index (κ3) is 5.18. The Hall–Kier alpha value is -3.12. The first-order valence-electron chi connectivity index (χ1n) is 8.75. The predicted octanol–water partition coefficient (Wildman–Crippen LogP) is 2.51. The maximum atomic E-state index is 12.8. The molecule has 27 heavy (non-hydrogen) atoms. The van der Waals surface area contributed by atoms with E-state index < -0.39 is 0 Å². The summed E-state index contributed by atoms with van der Waals surface area (Å²) in [6.07, 6.45) is 1.48. The molecule has 6 nitrogen and oxygen atoms in total. The molecule has 0 aromatic heterocycles. The Morgan fingerprint density at radius 1 is 1.22 bits per heavy atom. The summed E-state index contributed by atoms with van der Waals surface area (Å²) < 4.78 is 0. The monoisotopic (exact) mass is 365 g/mol. The van der Waals surface area contributed by atoms with Crippen molar-refractivity contribution in [2.75, 3.05) is 26.0 Å². The number of hydrogen-bond acceptors (Lipinski definition) is 4. The molecule has 0 heterocycles. The van der Waals surface area contributed by atoms with E-state index in [2.05, 4.69) is 10.3 Å². The van der Waals surface area contributed by atoms with Gasteiger partial charge in [-0.25, -0.2) is 0 Å². The van der Waals surface area contributed by atoms with Crippen molar-refractivity contribution in [3.63, 3.8) is 0 Å². The summed E-state index contributed by atoms with van der Waals surface area (Å²) in [5.41, 5.74) is 15.8. The number of nitrogens with zero attached hydrogens (tertiary/aromatic N) is 2. The smallest absolute Gasteiger partial charge is 0.253 e. The number of aliphatic imine (C=N–C) groups is 1. The van der Waals surface area contributed by atoms with Gasteiger partial charge in [-0.3, -0.25) is 9.79 Å². The molecule has 0 fully saturated rings. The van der Waals surface area contributed by atoms with Gasteiger partial charge in [0.2, 0.25) is 0 Å². The van der Waals surface area contributed by atoms with E-state index in [0.717, 1.165) is 22.4 Å². The number of benzene rings is 2. The lowest BCUT2D eigenvalue weighted by atomic mass is 10.0. The van der Waals surface area contributed by atoms with Crippen molar-refractivity contribution < 1.29 is 4.79 Å². The van der Waals surface area contributed by atoms with E-state index in [9.17, 15) is 4.79 Å². The van der Waals surface area contributed by atoms with Crippen LogP contribution in [0.25, 0.3) is 0 Å². The first-order chi connectivity index (χ1) is 13.0. The third-order valence-corrected chi connectivity index (χ3v) is 4.33. The van der Waals surface area contributed by atoms with Gasteiger partial charge in [-0.05, 0) is 42.3 Å². The molecule has 0 saturated heterocycles. The Kier molecular flexibility index (Phi) is 7.14. The zero-order valence-electron chi connectivity index (χ0n) is 16.1. The molecule has 0 atom stereocenters. The average molecular weight is 365 g/mol. The number of amidine groups is 1. The Balaban J connectivity index is 2.12. The van der Waals surface area contributed by atoms with Crippen LogP contribution in [-0.2, 0) is 6.54 Å². The molecule has 5 N–H and O–H groups in total. The van der Waals surface area contributed by atoms with E-state index in [1.54, 1.807) is 25.1 Å². The molecule has 6 heteroatoms. The van der Waals surface area contributed by atoms with Gasteiger partial charge in [-0.1, -0.05) is 24.3 Å². The molecule has 0 radical (unpaired) electrons. The van der Waals surface area contributed by atoms with Crippen molar-refractivity contribution in [1.29, 1.82) is 0 Å². The fraction of sp³-hybridized carbons (Fsp3) is 0.238. The molecule has 0 saturated carbocycles. The molecule has 0 aliphatic rings. The van der Waals surface area contributed by atoms with E-state index in [1.165, 1.54) is 6.20 Å². The van der Waals surface area contributed by atoms with Gasteiger partial charge in [-0.2, -0.15) is 0 Å². The molecule has 0 unspecified atom stereocenters. The first kappa shape index (κ1) is 20.2. The molecule has 0 aliphatic heterocycles. The van der Waals surface area contributed by atoms with Crippen LogP contribution in [0.15, 0.2) is 65.3 Å².